The molecule has 3 rings (SSSR count). The summed E-state index contributed by atoms with van der Waals surface area (Å²) in [4.78, 5) is 20.9. The van der Waals surface area contributed by atoms with Gasteiger partial charge in [-0.15, -0.1) is 0 Å². The van der Waals surface area contributed by atoms with Crippen molar-refractivity contribution in [3.05, 3.63) is 65.9 Å². The minimum atomic E-state index is -4.36. The smallest absolute Gasteiger partial charge is 0.410 e. The average Bonchev–Trinajstić information content (AvgIpc) is 3.08. The Morgan fingerprint density at radius 1 is 1.18 bits per heavy atom. The van der Waals surface area contributed by atoms with E-state index in [1.807, 2.05) is 0 Å². The molecule has 0 saturated heterocycles. The van der Waals surface area contributed by atoms with Gasteiger partial charge in [-0.25, -0.2) is 26.6 Å². The molecule has 0 unspecified atom stereocenters. The quantitative estimate of drug-likeness (QED) is 0.512. The minimum absolute atomic E-state index is 0.218. The molecule has 0 atom stereocenters. The van der Waals surface area contributed by atoms with Gasteiger partial charge >= 0.3 is 6.09 Å². The maximum Gasteiger partial charge on any atom is 0.410 e. The van der Waals surface area contributed by atoms with Gasteiger partial charge in [0.05, 0.1) is 5.56 Å². The first-order valence-corrected chi connectivity index (χ1v) is 11.4. The first kappa shape index (κ1) is 24.3. The van der Waals surface area contributed by atoms with E-state index >= 15 is 4.39 Å². The highest BCUT2D eigenvalue weighted by Crippen LogP contribution is 2.32. The zero-order valence-corrected chi connectivity index (χ0v) is 19.7. The number of hydrogen-bond acceptors (Lipinski definition) is 6. The second-order valence-electron chi connectivity index (χ2n) is 8.38. The minimum Gasteiger partial charge on any atom is -0.444 e. The normalized spacial score (nSPS) is 12.0. The van der Waals surface area contributed by atoms with Crippen molar-refractivity contribution in [3.63, 3.8) is 0 Å². The second kappa shape index (κ2) is 8.89. The molecule has 176 valence electrons. The van der Waals surface area contributed by atoms with Gasteiger partial charge in [-0.3, -0.25) is 4.98 Å². The van der Waals surface area contributed by atoms with Gasteiger partial charge in [0.2, 0.25) is 5.95 Å². The van der Waals surface area contributed by atoms with Crippen LogP contribution in [0.4, 0.5) is 13.6 Å². The Labute approximate surface area is 190 Å². The second-order valence-corrected chi connectivity index (χ2v) is 10.2. The number of aryl methyl sites for hydroxylation is 1. The summed E-state index contributed by atoms with van der Waals surface area (Å²) in [6.07, 6.45) is 2.53. The molecule has 0 fully saturated rings. The van der Waals surface area contributed by atoms with E-state index < -0.39 is 45.7 Å². The molecule has 0 aliphatic carbocycles. The Morgan fingerprint density at radius 2 is 1.88 bits per heavy atom. The molecule has 0 aromatic carbocycles. The van der Waals surface area contributed by atoms with Crippen molar-refractivity contribution in [1.82, 2.24) is 18.8 Å². The Bertz CT molecular complexity index is 1280. The third-order valence-electron chi connectivity index (χ3n) is 5.07. The lowest BCUT2D eigenvalue weighted by atomic mass is 10.1. The van der Waals surface area contributed by atoms with Gasteiger partial charge in [0, 0.05) is 42.4 Å². The van der Waals surface area contributed by atoms with E-state index in [2.05, 4.69) is 9.97 Å². The zero-order valence-electron chi connectivity index (χ0n) is 18.8. The topological polar surface area (TPSA) is 94.4 Å². The monoisotopic (exact) mass is 478 g/mol. The fourth-order valence-electron chi connectivity index (χ4n) is 2.83. The average molecular weight is 479 g/mol. The lowest BCUT2D eigenvalue weighted by molar-refractivity contribution is 0.0753. The SMILES string of the molecule is Cc1ccc(S(=O)(=O)n2cc(COC(=O)N(C)C(C)(C)C)c(F)c2-c2cccnc2F)cn1. The summed E-state index contributed by atoms with van der Waals surface area (Å²) >= 11 is 0. The van der Waals surface area contributed by atoms with Crippen molar-refractivity contribution in [1.29, 1.82) is 0 Å². The standard InChI is InChI=1S/C22H24F2N4O4S/c1-14-8-9-16(11-26-14)33(30,31)28-12-15(13-32-21(29)27(5)22(2,3)4)18(23)19(28)17-7-6-10-25-20(17)24/h6-12H,13H2,1-5H3. The van der Waals surface area contributed by atoms with Crippen molar-refractivity contribution in [2.24, 2.45) is 0 Å². The molecule has 0 spiro atoms. The fraction of sp³-hybridized carbons (Fsp3) is 0.318. The van der Waals surface area contributed by atoms with Gasteiger partial charge in [-0.2, -0.15) is 4.39 Å². The summed E-state index contributed by atoms with van der Waals surface area (Å²) in [5.41, 5.74) is -1.12. The van der Waals surface area contributed by atoms with Gasteiger partial charge in [0.1, 0.15) is 17.2 Å². The van der Waals surface area contributed by atoms with Crippen LogP contribution >= 0.6 is 0 Å². The molecule has 3 heterocycles. The summed E-state index contributed by atoms with van der Waals surface area (Å²) in [6.45, 7) is 6.49. The van der Waals surface area contributed by atoms with Crippen LogP contribution in [0.2, 0.25) is 0 Å². The van der Waals surface area contributed by atoms with Crippen LogP contribution in [0, 0.1) is 18.7 Å². The van der Waals surface area contributed by atoms with Crippen LogP contribution in [-0.4, -0.2) is 45.9 Å². The molecule has 0 bridgehead atoms. The molecule has 33 heavy (non-hydrogen) atoms. The third kappa shape index (κ3) is 4.87. The van der Waals surface area contributed by atoms with Crippen LogP contribution < -0.4 is 0 Å². The summed E-state index contributed by atoms with van der Waals surface area (Å²) in [5, 5.41) is 0. The number of halogens is 2. The van der Waals surface area contributed by atoms with Crippen molar-refractivity contribution in [3.8, 4) is 11.3 Å². The maximum atomic E-state index is 15.5. The van der Waals surface area contributed by atoms with Gasteiger partial charge in [-0.05, 0) is 52.0 Å². The predicted molar refractivity (Wildman–Crippen MR) is 117 cm³/mol. The molecular formula is C22H24F2N4O4S. The lowest BCUT2D eigenvalue weighted by Gasteiger charge is -2.30. The first-order valence-electron chi connectivity index (χ1n) is 9.93. The Morgan fingerprint density at radius 3 is 2.45 bits per heavy atom. The van der Waals surface area contributed by atoms with Crippen LogP contribution in [0.3, 0.4) is 0 Å². The van der Waals surface area contributed by atoms with Crippen LogP contribution in [0.15, 0.2) is 47.8 Å². The molecule has 1 amide bonds. The van der Waals surface area contributed by atoms with E-state index in [9.17, 15) is 17.6 Å². The summed E-state index contributed by atoms with van der Waals surface area (Å²) in [7, 11) is -2.84. The van der Waals surface area contributed by atoms with Gasteiger partial charge in [-0.1, -0.05) is 0 Å². The number of hydrogen-bond donors (Lipinski definition) is 0. The Hall–Kier alpha value is -3.34. The summed E-state index contributed by atoms with van der Waals surface area (Å²) < 4.78 is 62.3. The predicted octanol–water partition coefficient (Wildman–Crippen LogP) is 4.14. The molecule has 0 aliphatic rings. The van der Waals surface area contributed by atoms with Crippen molar-refractivity contribution in [2.75, 3.05) is 7.05 Å². The highest BCUT2D eigenvalue weighted by molar-refractivity contribution is 7.90. The van der Waals surface area contributed by atoms with E-state index in [0.717, 1.165) is 18.6 Å². The number of carbonyl (C=O) groups is 1. The molecule has 0 N–H and O–H groups in total. The highest BCUT2D eigenvalue weighted by atomic mass is 32.2. The molecule has 11 heteroatoms. The maximum absolute atomic E-state index is 15.5. The number of aromatic nitrogens is 3. The molecule has 3 aromatic rings. The number of pyridine rings is 2. The molecule has 0 radical (unpaired) electrons. The summed E-state index contributed by atoms with van der Waals surface area (Å²) in [5.74, 6) is -2.10. The van der Waals surface area contributed by atoms with Crippen LogP contribution in [-0.2, 0) is 21.4 Å². The Kier molecular flexibility index (Phi) is 6.55. The molecular weight excluding hydrogens is 454 g/mol. The van der Waals surface area contributed by atoms with E-state index in [4.69, 9.17) is 4.74 Å². The number of ether oxygens (including phenoxy) is 1. The number of amides is 1. The zero-order chi connectivity index (χ0) is 24.6. The largest absolute Gasteiger partial charge is 0.444 e. The number of carbonyl (C=O) groups excluding carboxylic acids is 1. The van der Waals surface area contributed by atoms with E-state index in [0.29, 0.717) is 9.67 Å². The Balaban J connectivity index is 2.10. The van der Waals surface area contributed by atoms with Gasteiger partial charge in [0.25, 0.3) is 10.0 Å². The van der Waals surface area contributed by atoms with E-state index in [1.54, 1.807) is 27.7 Å². The molecule has 0 saturated carbocycles. The van der Waals surface area contributed by atoms with Crippen LogP contribution in [0.1, 0.15) is 32.0 Å². The van der Waals surface area contributed by atoms with Crippen LogP contribution in [0.5, 0.6) is 0 Å². The number of rotatable bonds is 5. The lowest BCUT2D eigenvalue weighted by Crippen LogP contribution is -2.42. The molecule has 0 aliphatic heterocycles. The van der Waals surface area contributed by atoms with Crippen molar-refractivity contribution in [2.45, 2.75) is 44.7 Å². The van der Waals surface area contributed by atoms with Gasteiger partial charge < -0.3 is 9.64 Å². The fourth-order valence-corrected chi connectivity index (χ4v) is 4.17. The molecule has 3 aromatic heterocycles. The first-order chi connectivity index (χ1) is 15.3. The number of nitrogens with zero attached hydrogens (tertiary/aromatic N) is 4. The summed E-state index contributed by atoms with van der Waals surface area (Å²) in [6, 6.07) is 5.37. The van der Waals surface area contributed by atoms with Crippen molar-refractivity contribution >= 4 is 16.1 Å². The van der Waals surface area contributed by atoms with Crippen LogP contribution in [0.25, 0.3) is 11.3 Å². The highest BCUT2D eigenvalue weighted by Gasteiger charge is 2.30. The van der Waals surface area contributed by atoms with E-state index in [-0.39, 0.29) is 16.0 Å². The van der Waals surface area contributed by atoms with E-state index in [1.165, 1.54) is 36.2 Å². The van der Waals surface area contributed by atoms with Crippen molar-refractivity contribution < 1.29 is 26.7 Å². The van der Waals surface area contributed by atoms with Gasteiger partial charge in [0.15, 0.2) is 5.82 Å². The third-order valence-corrected chi connectivity index (χ3v) is 6.71. The molecule has 8 nitrogen and oxygen atoms in total.